The highest BCUT2D eigenvalue weighted by atomic mass is 16.1. The summed E-state index contributed by atoms with van der Waals surface area (Å²) in [5, 5.41) is 8.00. The second kappa shape index (κ2) is 3.09. The van der Waals surface area contributed by atoms with Crippen molar-refractivity contribution in [1.29, 1.82) is 0 Å². The summed E-state index contributed by atoms with van der Waals surface area (Å²) in [6.45, 7) is 7.97. The van der Waals surface area contributed by atoms with Crippen molar-refractivity contribution >= 4 is 5.91 Å². The lowest BCUT2D eigenvalue weighted by Crippen LogP contribution is -2.42. The van der Waals surface area contributed by atoms with Gasteiger partial charge in [-0.25, -0.2) is 0 Å². The smallest absolute Gasteiger partial charge is 0.225 e. The van der Waals surface area contributed by atoms with Gasteiger partial charge in [-0.1, -0.05) is 27.7 Å². The highest BCUT2D eigenvalue weighted by Crippen LogP contribution is 2.45. The Labute approximate surface area is 78.6 Å². The first-order chi connectivity index (χ1) is 5.92. The Morgan fingerprint density at radius 2 is 1.69 bits per heavy atom. The van der Waals surface area contributed by atoms with Crippen LogP contribution in [0.5, 0.6) is 0 Å². The molecule has 1 heterocycles. The number of hydrogen-bond donors (Lipinski definition) is 1. The van der Waals surface area contributed by atoms with Crippen LogP contribution in [0.1, 0.15) is 27.7 Å². The van der Waals surface area contributed by atoms with E-state index in [-0.39, 0.29) is 23.7 Å². The van der Waals surface area contributed by atoms with E-state index in [1.807, 2.05) is 27.7 Å². The standard InChI is InChI=1S/C9H17N3O/c1-5(2)7(8(10)13)9(6(3)4)11-12-9/h5-7H,1-4H3,(H2,10,13). The van der Waals surface area contributed by atoms with Crippen LogP contribution in [0.15, 0.2) is 10.2 Å². The third-order valence-corrected chi connectivity index (χ3v) is 2.61. The van der Waals surface area contributed by atoms with Gasteiger partial charge in [-0.05, 0) is 5.92 Å². The van der Waals surface area contributed by atoms with E-state index in [9.17, 15) is 4.79 Å². The Morgan fingerprint density at radius 3 is 1.77 bits per heavy atom. The van der Waals surface area contributed by atoms with Crippen molar-refractivity contribution in [3.63, 3.8) is 0 Å². The van der Waals surface area contributed by atoms with Gasteiger partial charge in [0.2, 0.25) is 11.6 Å². The lowest BCUT2D eigenvalue weighted by molar-refractivity contribution is -0.125. The zero-order valence-corrected chi connectivity index (χ0v) is 8.61. The van der Waals surface area contributed by atoms with Crippen LogP contribution >= 0.6 is 0 Å². The maximum atomic E-state index is 11.2. The predicted octanol–water partition coefficient (Wildman–Crippen LogP) is 1.56. The molecule has 0 aromatic rings. The van der Waals surface area contributed by atoms with Crippen LogP contribution in [0.2, 0.25) is 0 Å². The zero-order valence-electron chi connectivity index (χ0n) is 8.61. The molecule has 1 amide bonds. The van der Waals surface area contributed by atoms with Gasteiger partial charge in [0.05, 0.1) is 5.92 Å². The number of amides is 1. The second-order valence-electron chi connectivity index (χ2n) is 4.26. The fourth-order valence-electron chi connectivity index (χ4n) is 1.80. The number of primary amides is 1. The molecule has 0 bridgehead atoms. The molecule has 0 aromatic carbocycles. The molecule has 4 heteroatoms. The second-order valence-corrected chi connectivity index (χ2v) is 4.26. The highest BCUT2D eigenvalue weighted by Gasteiger charge is 2.54. The number of nitrogens with two attached hydrogens (primary N) is 1. The van der Waals surface area contributed by atoms with E-state index in [1.54, 1.807) is 0 Å². The Bertz CT molecular complexity index is 239. The number of nitrogens with zero attached hydrogens (tertiary/aromatic N) is 2. The lowest BCUT2D eigenvalue weighted by Gasteiger charge is -2.25. The molecule has 0 saturated carbocycles. The number of rotatable bonds is 4. The highest BCUT2D eigenvalue weighted by molar-refractivity contribution is 5.79. The van der Waals surface area contributed by atoms with Gasteiger partial charge in [0.1, 0.15) is 0 Å². The van der Waals surface area contributed by atoms with E-state index in [2.05, 4.69) is 10.2 Å². The largest absolute Gasteiger partial charge is 0.369 e. The summed E-state index contributed by atoms with van der Waals surface area (Å²) < 4.78 is 0. The predicted molar refractivity (Wildman–Crippen MR) is 49.9 cm³/mol. The molecule has 1 rings (SSSR count). The molecule has 13 heavy (non-hydrogen) atoms. The Morgan fingerprint density at radius 1 is 1.23 bits per heavy atom. The molecule has 0 fully saturated rings. The third kappa shape index (κ3) is 1.57. The molecule has 0 spiro atoms. The molecule has 1 aliphatic heterocycles. The third-order valence-electron chi connectivity index (χ3n) is 2.61. The summed E-state index contributed by atoms with van der Waals surface area (Å²) >= 11 is 0. The van der Waals surface area contributed by atoms with Gasteiger partial charge >= 0.3 is 0 Å². The van der Waals surface area contributed by atoms with E-state index >= 15 is 0 Å². The number of hydrogen-bond acceptors (Lipinski definition) is 3. The fourth-order valence-corrected chi connectivity index (χ4v) is 1.80. The Kier molecular flexibility index (Phi) is 2.41. The molecule has 1 atom stereocenters. The summed E-state index contributed by atoms with van der Waals surface area (Å²) in [7, 11) is 0. The van der Waals surface area contributed by atoms with Gasteiger partial charge in [0, 0.05) is 5.92 Å². The van der Waals surface area contributed by atoms with Crippen molar-refractivity contribution in [3.8, 4) is 0 Å². The molecule has 1 aliphatic rings. The van der Waals surface area contributed by atoms with E-state index in [0.29, 0.717) is 0 Å². The average Bonchev–Trinajstić information content (AvgIpc) is 2.66. The molecule has 0 saturated heterocycles. The summed E-state index contributed by atoms with van der Waals surface area (Å²) in [6, 6.07) is 0. The van der Waals surface area contributed by atoms with E-state index < -0.39 is 5.66 Å². The first-order valence-electron chi connectivity index (χ1n) is 4.65. The van der Waals surface area contributed by atoms with Crippen LogP contribution in [0, 0.1) is 17.8 Å². The Balaban J connectivity index is 2.83. The van der Waals surface area contributed by atoms with E-state index in [0.717, 1.165) is 0 Å². The van der Waals surface area contributed by atoms with Crippen LogP contribution in [-0.4, -0.2) is 11.6 Å². The zero-order chi connectivity index (χ0) is 10.2. The molecule has 0 aliphatic carbocycles. The van der Waals surface area contributed by atoms with Crippen LogP contribution < -0.4 is 5.73 Å². The quantitative estimate of drug-likeness (QED) is 0.706. The average molecular weight is 183 g/mol. The minimum Gasteiger partial charge on any atom is -0.369 e. The Hall–Kier alpha value is -0.930. The molecule has 74 valence electrons. The van der Waals surface area contributed by atoms with Gasteiger partial charge in [0.25, 0.3) is 0 Å². The summed E-state index contributed by atoms with van der Waals surface area (Å²) in [5.74, 6) is -0.122. The van der Waals surface area contributed by atoms with Gasteiger partial charge in [0.15, 0.2) is 0 Å². The van der Waals surface area contributed by atoms with E-state index in [1.165, 1.54) is 0 Å². The molecule has 2 N–H and O–H groups in total. The van der Waals surface area contributed by atoms with Crippen LogP contribution in [0.4, 0.5) is 0 Å². The van der Waals surface area contributed by atoms with Crippen molar-refractivity contribution in [1.82, 2.24) is 0 Å². The SMILES string of the molecule is CC(C)C(C(N)=O)C1(C(C)C)N=N1. The minimum absolute atomic E-state index is 0.190. The maximum absolute atomic E-state index is 11.2. The van der Waals surface area contributed by atoms with Crippen molar-refractivity contribution in [2.24, 2.45) is 33.7 Å². The van der Waals surface area contributed by atoms with Crippen LogP contribution in [-0.2, 0) is 4.79 Å². The normalized spacial score (nSPS) is 20.8. The molecule has 0 radical (unpaired) electrons. The first-order valence-corrected chi connectivity index (χ1v) is 4.65. The van der Waals surface area contributed by atoms with Gasteiger partial charge in [-0.3, -0.25) is 4.79 Å². The van der Waals surface area contributed by atoms with Crippen molar-refractivity contribution in [2.75, 3.05) is 0 Å². The number of carbonyl (C=O) groups is 1. The van der Waals surface area contributed by atoms with Crippen molar-refractivity contribution < 1.29 is 4.79 Å². The monoisotopic (exact) mass is 183 g/mol. The van der Waals surface area contributed by atoms with Crippen molar-refractivity contribution in [3.05, 3.63) is 0 Å². The van der Waals surface area contributed by atoms with Crippen molar-refractivity contribution in [2.45, 2.75) is 33.4 Å². The van der Waals surface area contributed by atoms with Gasteiger partial charge in [-0.2, -0.15) is 10.2 Å². The van der Waals surface area contributed by atoms with Crippen LogP contribution in [0.3, 0.4) is 0 Å². The first kappa shape index (κ1) is 10.2. The molecular formula is C9H17N3O. The fraction of sp³-hybridized carbons (Fsp3) is 0.889. The molecule has 4 nitrogen and oxygen atoms in total. The molecular weight excluding hydrogens is 166 g/mol. The maximum Gasteiger partial charge on any atom is 0.225 e. The van der Waals surface area contributed by atoms with E-state index in [4.69, 9.17) is 5.73 Å². The van der Waals surface area contributed by atoms with Gasteiger partial charge in [-0.15, -0.1) is 0 Å². The molecule has 1 unspecified atom stereocenters. The minimum atomic E-state index is -0.514. The molecule has 0 aromatic heterocycles. The summed E-state index contributed by atoms with van der Waals surface area (Å²) in [6.07, 6.45) is 0. The number of carbonyl (C=O) groups excluding carboxylic acids is 1. The summed E-state index contributed by atoms with van der Waals surface area (Å²) in [5.41, 5.74) is 4.83. The lowest BCUT2D eigenvalue weighted by atomic mass is 9.79. The van der Waals surface area contributed by atoms with Gasteiger partial charge < -0.3 is 5.73 Å². The topological polar surface area (TPSA) is 67.8 Å². The summed E-state index contributed by atoms with van der Waals surface area (Å²) in [4.78, 5) is 11.2. The van der Waals surface area contributed by atoms with Crippen LogP contribution in [0.25, 0.3) is 0 Å².